The molecular weight excluding hydrogens is 196 g/mol. The average molecular weight is 212 g/mol. The van der Waals surface area contributed by atoms with Crippen molar-refractivity contribution >= 4 is 0 Å². The van der Waals surface area contributed by atoms with Gasteiger partial charge in [-0.25, -0.2) is 0 Å². The van der Waals surface area contributed by atoms with E-state index in [2.05, 4.69) is 31.8 Å². The SMILES string of the molecule is CC(C)N(CC#N)CC#Cc1ccccc1. The van der Waals surface area contributed by atoms with Crippen molar-refractivity contribution in [3.63, 3.8) is 0 Å². The van der Waals surface area contributed by atoms with Gasteiger partial charge in [0.25, 0.3) is 0 Å². The Hall–Kier alpha value is -1.77. The Labute approximate surface area is 97.5 Å². The summed E-state index contributed by atoms with van der Waals surface area (Å²) in [7, 11) is 0. The van der Waals surface area contributed by atoms with Crippen LogP contribution < -0.4 is 0 Å². The molecule has 0 spiro atoms. The van der Waals surface area contributed by atoms with Crippen molar-refractivity contribution in [1.82, 2.24) is 4.90 Å². The molecule has 0 aliphatic heterocycles. The second-order valence-corrected chi connectivity index (χ2v) is 3.82. The summed E-state index contributed by atoms with van der Waals surface area (Å²) in [6.45, 7) is 5.21. The summed E-state index contributed by atoms with van der Waals surface area (Å²) in [6, 6.07) is 12.4. The highest BCUT2D eigenvalue weighted by molar-refractivity contribution is 5.33. The van der Waals surface area contributed by atoms with Crippen molar-refractivity contribution in [3.8, 4) is 17.9 Å². The van der Waals surface area contributed by atoms with Gasteiger partial charge in [0.05, 0.1) is 19.2 Å². The highest BCUT2D eigenvalue weighted by Crippen LogP contribution is 1.97. The van der Waals surface area contributed by atoms with Crippen LogP contribution in [0.25, 0.3) is 0 Å². The first kappa shape index (κ1) is 12.3. The van der Waals surface area contributed by atoms with Crippen LogP contribution >= 0.6 is 0 Å². The van der Waals surface area contributed by atoms with Crippen LogP contribution in [0.4, 0.5) is 0 Å². The largest absolute Gasteiger partial charge is 0.277 e. The number of nitriles is 1. The van der Waals surface area contributed by atoms with Gasteiger partial charge in [-0.1, -0.05) is 30.0 Å². The van der Waals surface area contributed by atoms with Gasteiger partial charge in [0.1, 0.15) is 0 Å². The van der Waals surface area contributed by atoms with Gasteiger partial charge >= 0.3 is 0 Å². The van der Waals surface area contributed by atoms with Gasteiger partial charge in [0, 0.05) is 11.6 Å². The van der Waals surface area contributed by atoms with Crippen LogP contribution in [0.2, 0.25) is 0 Å². The fourth-order valence-corrected chi connectivity index (χ4v) is 1.28. The smallest absolute Gasteiger partial charge is 0.0875 e. The molecule has 2 heteroatoms. The molecule has 0 heterocycles. The van der Waals surface area contributed by atoms with Crippen molar-refractivity contribution in [2.45, 2.75) is 19.9 Å². The zero-order chi connectivity index (χ0) is 11.8. The summed E-state index contributed by atoms with van der Waals surface area (Å²) in [6.07, 6.45) is 0. The first-order valence-electron chi connectivity index (χ1n) is 5.39. The van der Waals surface area contributed by atoms with Gasteiger partial charge in [0.15, 0.2) is 0 Å². The third-order valence-electron chi connectivity index (χ3n) is 2.29. The van der Waals surface area contributed by atoms with Crippen molar-refractivity contribution < 1.29 is 0 Å². The first-order chi connectivity index (χ1) is 7.74. The molecule has 1 rings (SSSR count). The minimum absolute atomic E-state index is 0.352. The minimum atomic E-state index is 0.352. The molecule has 1 aromatic rings. The molecule has 0 atom stereocenters. The highest BCUT2D eigenvalue weighted by Gasteiger charge is 2.05. The molecule has 0 radical (unpaired) electrons. The standard InChI is InChI=1S/C14H16N2/c1-13(2)16(12-10-15)11-6-9-14-7-4-3-5-8-14/h3-5,7-8,13H,11-12H2,1-2H3. The number of hydrogen-bond donors (Lipinski definition) is 0. The fourth-order valence-electron chi connectivity index (χ4n) is 1.28. The molecule has 16 heavy (non-hydrogen) atoms. The molecule has 1 aromatic carbocycles. The summed E-state index contributed by atoms with van der Waals surface area (Å²) in [5.74, 6) is 6.18. The molecule has 0 aliphatic carbocycles. The molecule has 0 saturated carbocycles. The van der Waals surface area contributed by atoms with Crippen LogP contribution in [0.3, 0.4) is 0 Å². The van der Waals surface area contributed by atoms with E-state index in [-0.39, 0.29) is 0 Å². The highest BCUT2D eigenvalue weighted by atomic mass is 15.1. The Morgan fingerprint density at radius 1 is 1.19 bits per heavy atom. The van der Waals surface area contributed by atoms with Crippen molar-refractivity contribution in [3.05, 3.63) is 35.9 Å². The van der Waals surface area contributed by atoms with Crippen molar-refractivity contribution in [2.75, 3.05) is 13.1 Å². The molecule has 82 valence electrons. The number of rotatable bonds is 3. The van der Waals surface area contributed by atoms with Crippen LogP contribution in [-0.4, -0.2) is 24.0 Å². The molecule has 0 unspecified atom stereocenters. The van der Waals surface area contributed by atoms with E-state index in [0.29, 0.717) is 19.1 Å². The van der Waals surface area contributed by atoms with Gasteiger partial charge in [0.2, 0.25) is 0 Å². The normalized spacial score (nSPS) is 9.69. The lowest BCUT2D eigenvalue weighted by Crippen LogP contribution is -2.31. The molecule has 0 aliphatic rings. The van der Waals surface area contributed by atoms with E-state index in [0.717, 1.165) is 5.56 Å². The van der Waals surface area contributed by atoms with Gasteiger partial charge in [-0.05, 0) is 26.0 Å². The summed E-state index contributed by atoms with van der Waals surface area (Å²) in [4.78, 5) is 2.04. The van der Waals surface area contributed by atoms with Crippen LogP contribution in [-0.2, 0) is 0 Å². The van der Waals surface area contributed by atoms with Crippen molar-refractivity contribution in [1.29, 1.82) is 5.26 Å². The third kappa shape index (κ3) is 4.17. The van der Waals surface area contributed by atoms with Crippen LogP contribution in [0.15, 0.2) is 30.3 Å². The molecule has 0 bridgehead atoms. The van der Waals surface area contributed by atoms with E-state index in [1.807, 2.05) is 35.2 Å². The van der Waals surface area contributed by atoms with Crippen LogP contribution in [0.1, 0.15) is 19.4 Å². The zero-order valence-corrected chi connectivity index (χ0v) is 9.77. The van der Waals surface area contributed by atoms with E-state index in [4.69, 9.17) is 5.26 Å². The topological polar surface area (TPSA) is 27.0 Å². The second kappa shape index (κ2) is 6.67. The van der Waals surface area contributed by atoms with E-state index in [1.54, 1.807) is 0 Å². The van der Waals surface area contributed by atoms with E-state index >= 15 is 0 Å². The molecule has 0 fully saturated rings. The molecule has 0 aromatic heterocycles. The zero-order valence-electron chi connectivity index (χ0n) is 9.77. The lowest BCUT2D eigenvalue weighted by molar-refractivity contribution is 0.280. The lowest BCUT2D eigenvalue weighted by Gasteiger charge is -2.19. The van der Waals surface area contributed by atoms with Gasteiger partial charge < -0.3 is 0 Å². The molecule has 2 nitrogen and oxygen atoms in total. The van der Waals surface area contributed by atoms with Crippen molar-refractivity contribution in [2.24, 2.45) is 0 Å². The predicted octanol–water partition coefficient (Wildman–Crippen LogP) is 2.27. The number of nitrogens with zero attached hydrogens (tertiary/aromatic N) is 2. The molecule has 0 saturated heterocycles. The number of hydrogen-bond acceptors (Lipinski definition) is 2. The predicted molar refractivity (Wildman–Crippen MR) is 65.6 cm³/mol. The average Bonchev–Trinajstić information content (AvgIpc) is 2.29. The maximum absolute atomic E-state index is 8.66. The number of benzene rings is 1. The lowest BCUT2D eigenvalue weighted by atomic mass is 10.2. The first-order valence-corrected chi connectivity index (χ1v) is 5.39. The molecule has 0 N–H and O–H groups in total. The Morgan fingerprint density at radius 3 is 2.44 bits per heavy atom. The van der Waals surface area contributed by atoms with E-state index in [9.17, 15) is 0 Å². The van der Waals surface area contributed by atoms with Gasteiger partial charge in [-0.3, -0.25) is 4.90 Å². The molecular formula is C14H16N2. The summed E-state index contributed by atoms with van der Waals surface area (Å²) >= 11 is 0. The fraction of sp³-hybridized carbons (Fsp3) is 0.357. The Bertz CT molecular complexity index is 404. The van der Waals surface area contributed by atoms with E-state index in [1.165, 1.54) is 0 Å². The quantitative estimate of drug-likeness (QED) is 0.567. The Morgan fingerprint density at radius 2 is 1.88 bits per heavy atom. The molecule has 0 amide bonds. The summed E-state index contributed by atoms with van der Waals surface area (Å²) in [5.41, 5.74) is 1.02. The Kier molecular flexibility index (Phi) is 5.12. The van der Waals surface area contributed by atoms with Crippen LogP contribution in [0, 0.1) is 23.2 Å². The minimum Gasteiger partial charge on any atom is -0.277 e. The monoisotopic (exact) mass is 212 g/mol. The van der Waals surface area contributed by atoms with Gasteiger partial charge in [-0.2, -0.15) is 5.26 Å². The maximum atomic E-state index is 8.66. The second-order valence-electron chi connectivity index (χ2n) is 3.82. The van der Waals surface area contributed by atoms with Crippen LogP contribution in [0.5, 0.6) is 0 Å². The summed E-state index contributed by atoms with van der Waals surface area (Å²) in [5, 5.41) is 8.66. The van der Waals surface area contributed by atoms with E-state index < -0.39 is 0 Å². The maximum Gasteiger partial charge on any atom is 0.0875 e. The summed E-state index contributed by atoms with van der Waals surface area (Å²) < 4.78 is 0. The van der Waals surface area contributed by atoms with Gasteiger partial charge in [-0.15, -0.1) is 0 Å². The Balaban J connectivity index is 2.56. The third-order valence-corrected chi connectivity index (χ3v) is 2.29.